The van der Waals surface area contributed by atoms with Crippen molar-refractivity contribution in [1.29, 1.82) is 0 Å². The molecule has 0 fully saturated rings. The molecule has 6 heteroatoms. The Morgan fingerprint density at radius 2 is 2.18 bits per heavy atom. The summed E-state index contributed by atoms with van der Waals surface area (Å²) in [5, 5.41) is 11.7. The highest BCUT2D eigenvalue weighted by Gasteiger charge is 2.06. The van der Waals surface area contributed by atoms with Crippen LogP contribution in [0.15, 0.2) is 10.7 Å². The third-order valence-electron chi connectivity index (χ3n) is 2.02. The highest BCUT2D eigenvalue weighted by Crippen LogP contribution is 2.17. The molecule has 0 aliphatic carbocycles. The number of hydrogen-bond donors (Lipinski definition) is 2. The molecule has 0 amide bonds. The molecule has 96 valence electrons. The minimum Gasteiger partial charge on any atom is -0.394 e. The third kappa shape index (κ3) is 5.43. The van der Waals surface area contributed by atoms with Crippen molar-refractivity contribution in [2.24, 2.45) is 0 Å². The lowest BCUT2D eigenvalue weighted by Gasteiger charge is -2.09. The van der Waals surface area contributed by atoms with Crippen LogP contribution in [-0.2, 0) is 4.74 Å². The van der Waals surface area contributed by atoms with Gasteiger partial charge in [0.2, 0.25) is 0 Å². The van der Waals surface area contributed by atoms with E-state index in [1.54, 1.807) is 0 Å². The number of anilines is 1. The molecule has 5 nitrogen and oxygen atoms in total. The van der Waals surface area contributed by atoms with Gasteiger partial charge in [-0.3, -0.25) is 0 Å². The quantitative estimate of drug-likeness (QED) is 0.594. The van der Waals surface area contributed by atoms with Crippen LogP contribution in [0.4, 0.5) is 5.82 Å². The topological polar surface area (TPSA) is 67.3 Å². The molecule has 1 rings (SSSR count). The van der Waals surface area contributed by atoms with Crippen molar-refractivity contribution in [3.05, 3.63) is 16.5 Å². The van der Waals surface area contributed by atoms with Crippen molar-refractivity contribution in [3.8, 4) is 0 Å². The van der Waals surface area contributed by atoms with E-state index >= 15 is 0 Å². The fraction of sp³-hybridized carbons (Fsp3) is 0.636. The summed E-state index contributed by atoms with van der Waals surface area (Å²) < 4.78 is 5.92. The van der Waals surface area contributed by atoms with E-state index in [1.165, 1.54) is 0 Å². The zero-order chi connectivity index (χ0) is 12.7. The molecule has 0 unspecified atom stereocenters. The minimum atomic E-state index is 0.0521. The van der Waals surface area contributed by atoms with Crippen molar-refractivity contribution in [2.75, 3.05) is 31.7 Å². The van der Waals surface area contributed by atoms with Gasteiger partial charge in [-0.1, -0.05) is 13.8 Å². The summed E-state index contributed by atoms with van der Waals surface area (Å²) >= 11 is 3.36. The standard InChI is InChI=1S/C11H18BrN3O2/c1-8(2)11-14-9(12)7-10(15-11)13-3-5-17-6-4-16/h7-8,16H,3-6H2,1-2H3,(H,13,14,15). The Labute approximate surface area is 110 Å². The molecule has 0 atom stereocenters. The predicted molar refractivity (Wildman–Crippen MR) is 70.2 cm³/mol. The first-order valence-corrected chi connectivity index (χ1v) is 6.39. The van der Waals surface area contributed by atoms with Gasteiger partial charge in [-0.05, 0) is 15.9 Å². The molecule has 1 heterocycles. The number of aliphatic hydroxyl groups is 1. The molecular formula is C11H18BrN3O2. The summed E-state index contributed by atoms with van der Waals surface area (Å²) in [5.74, 6) is 1.88. The van der Waals surface area contributed by atoms with E-state index in [1.807, 2.05) is 6.07 Å². The smallest absolute Gasteiger partial charge is 0.134 e. The Morgan fingerprint density at radius 1 is 1.41 bits per heavy atom. The van der Waals surface area contributed by atoms with E-state index < -0.39 is 0 Å². The van der Waals surface area contributed by atoms with Crippen molar-refractivity contribution < 1.29 is 9.84 Å². The van der Waals surface area contributed by atoms with E-state index in [2.05, 4.69) is 45.1 Å². The number of ether oxygens (including phenoxy) is 1. The van der Waals surface area contributed by atoms with Crippen LogP contribution in [0, 0.1) is 0 Å². The van der Waals surface area contributed by atoms with E-state index in [4.69, 9.17) is 9.84 Å². The number of aromatic nitrogens is 2. The van der Waals surface area contributed by atoms with Crippen LogP contribution in [0.1, 0.15) is 25.6 Å². The normalized spacial score (nSPS) is 10.9. The van der Waals surface area contributed by atoms with Gasteiger partial charge >= 0.3 is 0 Å². The fourth-order valence-corrected chi connectivity index (χ4v) is 1.60. The Bertz CT molecular complexity index is 347. The van der Waals surface area contributed by atoms with Gasteiger partial charge in [-0.2, -0.15) is 0 Å². The maximum atomic E-state index is 8.54. The first-order chi connectivity index (χ1) is 8.13. The van der Waals surface area contributed by atoms with Crippen molar-refractivity contribution >= 4 is 21.7 Å². The number of nitrogens with zero attached hydrogens (tertiary/aromatic N) is 2. The second-order valence-corrected chi connectivity index (χ2v) is 4.66. The summed E-state index contributed by atoms with van der Waals surface area (Å²) in [6, 6.07) is 1.83. The molecule has 2 N–H and O–H groups in total. The molecule has 0 saturated carbocycles. The van der Waals surface area contributed by atoms with Gasteiger partial charge in [0.1, 0.15) is 16.2 Å². The zero-order valence-electron chi connectivity index (χ0n) is 10.1. The number of nitrogens with one attached hydrogen (secondary N) is 1. The van der Waals surface area contributed by atoms with Gasteiger partial charge in [-0.25, -0.2) is 9.97 Å². The zero-order valence-corrected chi connectivity index (χ0v) is 11.7. The second kappa shape index (κ2) is 7.58. The predicted octanol–water partition coefficient (Wildman–Crippen LogP) is 1.78. The lowest BCUT2D eigenvalue weighted by atomic mass is 10.2. The molecule has 0 aromatic carbocycles. The van der Waals surface area contributed by atoms with Gasteiger partial charge < -0.3 is 15.2 Å². The van der Waals surface area contributed by atoms with E-state index in [9.17, 15) is 0 Å². The van der Waals surface area contributed by atoms with Crippen molar-refractivity contribution in [2.45, 2.75) is 19.8 Å². The summed E-state index contributed by atoms with van der Waals surface area (Å²) in [4.78, 5) is 8.69. The molecule has 1 aromatic heterocycles. The first-order valence-electron chi connectivity index (χ1n) is 5.60. The van der Waals surface area contributed by atoms with Gasteiger partial charge in [0.15, 0.2) is 0 Å². The molecule has 0 aliphatic heterocycles. The molecule has 0 bridgehead atoms. The number of rotatable bonds is 7. The third-order valence-corrected chi connectivity index (χ3v) is 2.42. The Hall–Kier alpha value is -0.720. The number of aliphatic hydroxyl groups excluding tert-OH is 1. The highest BCUT2D eigenvalue weighted by molar-refractivity contribution is 9.10. The average molecular weight is 304 g/mol. The van der Waals surface area contributed by atoms with Gasteiger partial charge in [0, 0.05) is 18.5 Å². The maximum Gasteiger partial charge on any atom is 0.134 e. The van der Waals surface area contributed by atoms with Gasteiger partial charge in [-0.15, -0.1) is 0 Å². The summed E-state index contributed by atoms with van der Waals surface area (Å²) in [5.41, 5.74) is 0. The average Bonchev–Trinajstić information content (AvgIpc) is 2.28. The summed E-state index contributed by atoms with van der Waals surface area (Å²) in [6.45, 7) is 5.72. The van der Waals surface area contributed by atoms with E-state index in [-0.39, 0.29) is 6.61 Å². The largest absolute Gasteiger partial charge is 0.394 e. The van der Waals surface area contributed by atoms with Crippen LogP contribution in [0.5, 0.6) is 0 Å². The van der Waals surface area contributed by atoms with Crippen LogP contribution in [-0.4, -0.2) is 41.4 Å². The summed E-state index contributed by atoms with van der Waals surface area (Å²) in [7, 11) is 0. The van der Waals surface area contributed by atoms with Gasteiger partial charge in [0.05, 0.1) is 19.8 Å². The van der Waals surface area contributed by atoms with Crippen LogP contribution in [0.2, 0.25) is 0 Å². The highest BCUT2D eigenvalue weighted by atomic mass is 79.9. The SMILES string of the molecule is CC(C)c1nc(Br)cc(NCCOCCO)n1. The fourth-order valence-electron chi connectivity index (χ4n) is 1.20. The number of halogens is 1. The van der Waals surface area contributed by atoms with Crippen LogP contribution in [0.3, 0.4) is 0 Å². The molecule has 0 saturated heterocycles. The molecule has 1 aromatic rings. The van der Waals surface area contributed by atoms with E-state index in [0.29, 0.717) is 25.7 Å². The van der Waals surface area contributed by atoms with Crippen LogP contribution in [0.25, 0.3) is 0 Å². The monoisotopic (exact) mass is 303 g/mol. The van der Waals surface area contributed by atoms with Gasteiger partial charge in [0.25, 0.3) is 0 Å². The molecule has 0 radical (unpaired) electrons. The minimum absolute atomic E-state index is 0.0521. The van der Waals surface area contributed by atoms with Crippen molar-refractivity contribution in [1.82, 2.24) is 9.97 Å². The number of hydrogen-bond acceptors (Lipinski definition) is 5. The Balaban J connectivity index is 2.47. The molecule has 0 spiro atoms. The summed E-state index contributed by atoms with van der Waals surface area (Å²) in [6.07, 6.45) is 0. The van der Waals surface area contributed by atoms with E-state index in [0.717, 1.165) is 16.2 Å². The maximum absolute atomic E-state index is 8.54. The Kier molecular flexibility index (Phi) is 6.39. The lowest BCUT2D eigenvalue weighted by Crippen LogP contribution is -2.13. The first kappa shape index (κ1) is 14.3. The molecular weight excluding hydrogens is 286 g/mol. The van der Waals surface area contributed by atoms with Crippen molar-refractivity contribution in [3.63, 3.8) is 0 Å². The lowest BCUT2D eigenvalue weighted by molar-refractivity contribution is 0.0992. The molecule has 0 aliphatic rings. The van der Waals surface area contributed by atoms with Crippen LogP contribution < -0.4 is 5.32 Å². The Morgan fingerprint density at radius 3 is 2.82 bits per heavy atom. The second-order valence-electron chi connectivity index (χ2n) is 3.85. The molecule has 17 heavy (non-hydrogen) atoms. The van der Waals surface area contributed by atoms with Crippen LogP contribution >= 0.6 is 15.9 Å².